The Morgan fingerprint density at radius 2 is 1.83 bits per heavy atom. The zero-order chi connectivity index (χ0) is 16.4. The van der Waals surface area contributed by atoms with E-state index in [1.807, 2.05) is 30.3 Å². The summed E-state index contributed by atoms with van der Waals surface area (Å²) in [5.74, 6) is 1.08. The summed E-state index contributed by atoms with van der Waals surface area (Å²) in [4.78, 5) is 16.9. The molecule has 1 aliphatic rings. The highest BCUT2D eigenvalue weighted by Crippen LogP contribution is 2.31. The summed E-state index contributed by atoms with van der Waals surface area (Å²) < 4.78 is 11.2. The second kappa shape index (κ2) is 6.20. The van der Waals surface area contributed by atoms with Gasteiger partial charge in [-0.05, 0) is 30.3 Å². The van der Waals surface area contributed by atoms with Crippen LogP contribution in [0.25, 0.3) is 10.9 Å². The van der Waals surface area contributed by atoms with Gasteiger partial charge in [-0.25, -0.2) is 0 Å². The van der Waals surface area contributed by atoms with E-state index in [2.05, 4.69) is 10.3 Å². The lowest BCUT2D eigenvalue weighted by atomic mass is 10.1. The van der Waals surface area contributed by atoms with Crippen molar-refractivity contribution in [3.8, 4) is 11.5 Å². The number of pyridine rings is 1. The average Bonchev–Trinajstić information content (AvgIpc) is 2.86. The fourth-order valence-corrected chi connectivity index (χ4v) is 2.70. The lowest BCUT2D eigenvalue weighted by Gasteiger charge is -2.11. The van der Waals surface area contributed by atoms with E-state index >= 15 is 0 Å². The molecule has 3 aromatic rings. The first kappa shape index (κ1) is 14.5. The van der Waals surface area contributed by atoms with Crippen molar-refractivity contribution in [3.05, 3.63) is 60.3 Å². The lowest BCUT2D eigenvalue weighted by molar-refractivity contribution is 0.102. The molecule has 0 radical (unpaired) electrons. The molecule has 5 heteroatoms. The van der Waals surface area contributed by atoms with Gasteiger partial charge in [-0.3, -0.25) is 9.78 Å². The van der Waals surface area contributed by atoms with Gasteiger partial charge in [0.25, 0.3) is 5.91 Å². The first-order chi connectivity index (χ1) is 11.8. The topological polar surface area (TPSA) is 60.5 Å². The van der Waals surface area contributed by atoms with E-state index in [0.29, 0.717) is 36.0 Å². The van der Waals surface area contributed by atoms with Gasteiger partial charge >= 0.3 is 0 Å². The number of nitrogens with one attached hydrogen (secondary N) is 1. The molecule has 2 heterocycles. The molecular formula is C19H16N2O3. The number of carbonyl (C=O) groups is 1. The van der Waals surface area contributed by atoms with E-state index in [-0.39, 0.29) is 5.91 Å². The molecule has 120 valence electrons. The molecule has 4 rings (SSSR count). The lowest BCUT2D eigenvalue weighted by Crippen LogP contribution is -2.12. The zero-order valence-corrected chi connectivity index (χ0v) is 13.0. The maximum atomic E-state index is 12.6. The minimum absolute atomic E-state index is 0.205. The highest BCUT2D eigenvalue weighted by atomic mass is 16.5. The maximum Gasteiger partial charge on any atom is 0.255 e. The van der Waals surface area contributed by atoms with E-state index in [0.717, 1.165) is 17.3 Å². The molecule has 0 saturated carbocycles. The molecule has 0 fully saturated rings. The summed E-state index contributed by atoms with van der Waals surface area (Å²) in [7, 11) is 0. The van der Waals surface area contributed by atoms with Crippen LogP contribution in [0.4, 0.5) is 5.69 Å². The van der Waals surface area contributed by atoms with Crippen molar-refractivity contribution < 1.29 is 14.3 Å². The number of hydrogen-bond donors (Lipinski definition) is 1. The number of hydrogen-bond acceptors (Lipinski definition) is 4. The number of rotatable bonds is 2. The molecule has 0 saturated heterocycles. The van der Waals surface area contributed by atoms with Gasteiger partial charge in [0, 0.05) is 23.6 Å². The number of fused-ring (bicyclic) bond motifs is 2. The summed E-state index contributed by atoms with van der Waals surface area (Å²) in [5.41, 5.74) is 1.97. The second-order valence-electron chi connectivity index (χ2n) is 5.55. The highest BCUT2D eigenvalue weighted by Gasteiger charge is 2.15. The quantitative estimate of drug-likeness (QED) is 0.783. The van der Waals surface area contributed by atoms with E-state index in [9.17, 15) is 4.79 Å². The van der Waals surface area contributed by atoms with Crippen LogP contribution in [0.1, 0.15) is 16.8 Å². The standard InChI is InChI=1S/C19H16N2O3/c22-19(14-7-8-16-17(12-14)24-11-3-10-23-16)21-15-6-1-4-13-5-2-9-20-18(13)15/h1-2,4-9,12H,3,10-11H2,(H,21,22). The van der Waals surface area contributed by atoms with E-state index < -0.39 is 0 Å². The van der Waals surface area contributed by atoms with E-state index in [4.69, 9.17) is 9.47 Å². The minimum atomic E-state index is -0.205. The molecule has 0 spiro atoms. The summed E-state index contributed by atoms with van der Waals surface area (Å²) in [6.45, 7) is 1.21. The van der Waals surface area contributed by atoms with Crippen LogP contribution in [-0.4, -0.2) is 24.1 Å². The molecule has 1 aromatic heterocycles. The summed E-state index contributed by atoms with van der Waals surface area (Å²) in [6.07, 6.45) is 2.55. The molecule has 1 aliphatic heterocycles. The monoisotopic (exact) mass is 320 g/mol. The predicted octanol–water partition coefficient (Wildman–Crippen LogP) is 3.65. The smallest absolute Gasteiger partial charge is 0.255 e. The molecule has 0 atom stereocenters. The normalized spacial score (nSPS) is 13.3. The van der Waals surface area contributed by atoms with Gasteiger partial charge in [-0.15, -0.1) is 0 Å². The summed E-state index contributed by atoms with van der Waals surface area (Å²) in [6, 6.07) is 14.8. The Balaban J connectivity index is 1.63. The van der Waals surface area contributed by atoms with Crippen LogP contribution in [0.3, 0.4) is 0 Å². The van der Waals surface area contributed by atoms with Crippen LogP contribution in [-0.2, 0) is 0 Å². The number of ether oxygens (including phenoxy) is 2. The molecule has 0 aliphatic carbocycles. The summed E-state index contributed by atoms with van der Waals surface area (Å²) in [5, 5.41) is 3.91. The molecule has 5 nitrogen and oxygen atoms in total. The van der Waals surface area contributed by atoms with Gasteiger partial charge in [0.2, 0.25) is 0 Å². The van der Waals surface area contributed by atoms with Gasteiger partial charge in [0.15, 0.2) is 11.5 Å². The molecule has 1 amide bonds. The molecular weight excluding hydrogens is 304 g/mol. The van der Waals surface area contributed by atoms with Crippen molar-refractivity contribution in [3.63, 3.8) is 0 Å². The number of carbonyl (C=O) groups excluding carboxylic acids is 1. The van der Waals surface area contributed by atoms with Gasteiger partial charge in [-0.2, -0.15) is 0 Å². The number of aromatic nitrogens is 1. The molecule has 1 N–H and O–H groups in total. The van der Waals surface area contributed by atoms with Crippen molar-refractivity contribution in [2.24, 2.45) is 0 Å². The maximum absolute atomic E-state index is 12.6. The Hall–Kier alpha value is -3.08. The molecule has 24 heavy (non-hydrogen) atoms. The third-order valence-corrected chi connectivity index (χ3v) is 3.89. The Kier molecular flexibility index (Phi) is 3.75. The van der Waals surface area contributed by atoms with Crippen molar-refractivity contribution in [1.82, 2.24) is 4.98 Å². The molecule has 2 aromatic carbocycles. The fourth-order valence-electron chi connectivity index (χ4n) is 2.70. The van der Waals surface area contributed by atoms with Gasteiger partial charge in [0.1, 0.15) is 0 Å². The van der Waals surface area contributed by atoms with Crippen LogP contribution < -0.4 is 14.8 Å². The van der Waals surface area contributed by atoms with Crippen LogP contribution in [0.5, 0.6) is 11.5 Å². The molecule has 0 unspecified atom stereocenters. The van der Waals surface area contributed by atoms with Crippen LogP contribution in [0.15, 0.2) is 54.7 Å². The molecule has 0 bridgehead atoms. The average molecular weight is 320 g/mol. The highest BCUT2D eigenvalue weighted by molar-refractivity contribution is 6.08. The third kappa shape index (κ3) is 2.76. The number of amides is 1. The zero-order valence-electron chi connectivity index (χ0n) is 13.0. The Labute approximate surface area is 139 Å². The minimum Gasteiger partial charge on any atom is -0.490 e. The second-order valence-corrected chi connectivity index (χ2v) is 5.55. The number of para-hydroxylation sites is 1. The van der Waals surface area contributed by atoms with Gasteiger partial charge in [-0.1, -0.05) is 18.2 Å². The third-order valence-electron chi connectivity index (χ3n) is 3.89. The van der Waals surface area contributed by atoms with E-state index in [1.54, 1.807) is 24.4 Å². The van der Waals surface area contributed by atoms with Crippen LogP contribution in [0.2, 0.25) is 0 Å². The number of nitrogens with zero attached hydrogens (tertiary/aromatic N) is 1. The number of anilines is 1. The van der Waals surface area contributed by atoms with Gasteiger partial charge < -0.3 is 14.8 Å². The number of benzene rings is 2. The fraction of sp³-hybridized carbons (Fsp3) is 0.158. The van der Waals surface area contributed by atoms with Crippen LogP contribution in [0, 0.1) is 0 Å². The Morgan fingerprint density at radius 1 is 1.00 bits per heavy atom. The first-order valence-corrected chi connectivity index (χ1v) is 7.86. The Bertz CT molecular complexity index is 903. The van der Waals surface area contributed by atoms with Crippen molar-refractivity contribution >= 4 is 22.5 Å². The van der Waals surface area contributed by atoms with Gasteiger partial charge in [0.05, 0.1) is 24.4 Å². The van der Waals surface area contributed by atoms with Crippen LogP contribution >= 0.6 is 0 Å². The summed E-state index contributed by atoms with van der Waals surface area (Å²) >= 11 is 0. The van der Waals surface area contributed by atoms with E-state index in [1.165, 1.54) is 0 Å². The largest absolute Gasteiger partial charge is 0.490 e. The van der Waals surface area contributed by atoms with Crippen molar-refractivity contribution in [2.75, 3.05) is 18.5 Å². The van der Waals surface area contributed by atoms with Crippen molar-refractivity contribution in [1.29, 1.82) is 0 Å². The predicted molar refractivity (Wildman–Crippen MR) is 91.7 cm³/mol. The Morgan fingerprint density at radius 3 is 2.75 bits per heavy atom. The van der Waals surface area contributed by atoms with Crippen molar-refractivity contribution in [2.45, 2.75) is 6.42 Å². The first-order valence-electron chi connectivity index (χ1n) is 7.86. The SMILES string of the molecule is O=C(Nc1cccc2cccnc12)c1ccc2c(c1)OCCCO2.